The lowest BCUT2D eigenvalue weighted by atomic mass is 9.99. The number of phenolic OH excluding ortho intramolecular Hbond substituents is 1. The number of carbonyl (C=O) groups excluding carboxylic acids is 1. The van der Waals surface area contributed by atoms with Gasteiger partial charge in [-0.15, -0.1) is 0 Å². The summed E-state index contributed by atoms with van der Waals surface area (Å²) >= 11 is 0. The van der Waals surface area contributed by atoms with Gasteiger partial charge in [0.15, 0.2) is 12.4 Å². The average molecular weight is 286 g/mol. The second-order valence-electron chi connectivity index (χ2n) is 4.33. The Labute approximate surface area is 113 Å². The number of hydrogen-bond acceptors (Lipinski definition) is 8. The van der Waals surface area contributed by atoms with Gasteiger partial charge in [-0.2, -0.15) is 0 Å². The third-order valence-corrected chi connectivity index (χ3v) is 2.88. The van der Waals surface area contributed by atoms with E-state index >= 15 is 0 Å². The molecule has 1 aromatic carbocycles. The molecular formula is C12H14O8. The monoisotopic (exact) mass is 286 g/mol. The van der Waals surface area contributed by atoms with Crippen molar-refractivity contribution in [2.75, 3.05) is 0 Å². The Morgan fingerprint density at radius 3 is 2.20 bits per heavy atom. The molecule has 0 amide bonds. The maximum Gasteiger partial charge on any atom is 0.343 e. The number of ether oxygens (including phenoxy) is 2. The van der Waals surface area contributed by atoms with E-state index in [-0.39, 0.29) is 11.5 Å². The van der Waals surface area contributed by atoms with Gasteiger partial charge in [0.1, 0.15) is 29.8 Å². The van der Waals surface area contributed by atoms with Gasteiger partial charge in [-0.1, -0.05) is 0 Å². The predicted molar refractivity (Wildman–Crippen MR) is 62.6 cm³/mol. The Kier molecular flexibility index (Phi) is 4.21. The molecule has 1 fully saturated rings. The zero-order chi connectivity index (χ0) is 14.9. The van der Waals surface area contributed by atoms with Crippen LogP contribution in [0.2, 0.25) is 0 Å². The normalized spacial score (nSPS) is 33.7. The molecule has 8 nitrogen and oxygen atoms in total. The van der Waals surface area contributed by atoms with E-state index < -0.39 is 36.7 Å². The van der Waals surface area contributed by atoms with Gasteiger partial charge >= 0.3 is 5.97 Å². The van der Waals surface area contributed by atoms with Gasteiger partial charge < -0.3 is 35.0 Å². The number of aliphatic hydroxyl groups excluding tert-OH is 4. The van der Waals surface area contributed by atoms with Crippen LogP contribution in [0.4, 0.5) is 0 Å². The molecule has 1 aromatic rings. The molecule has 8 heteroatoms. The minimum atomic E-state index is -1.81. The van der Waals surface area contributed by atoms with E-state index in [4.69, 9.17) is 14.6 Å². The lowest BCUT2D eigenvalue weighted by Gasteiger charge is -2.36. The number of aromatic hydroxyl groups is 1. The molecule has 0 unspecified atom stereocenters. The van der Waals surface area contributed by atoms with E-state index in [1.54, 1.807) is 0 Å². The molecule has 5 N–H and O–H groups in total. The van der Waals surface area contributed by atoms with Crippen LogP contribution in [0.15, 0.2) is 24.3 Å². The highest BCUT2D eigenvalue weighted by molar-refractivity contribution is 5.78. The second kappa shape index (κ2) is 5.73. The highest BCUT2D eigenvalue weighted by atomic mass is 16.7. The van der Waals surface area contributed by atoms with Crippen molar-refractivity contribution in [3.63, 3.8) is 0 Å². The smallest absolute Gasteiger partial charge is 0.343 e. The van der Waals surface area contributed by atoms with Crippen molar-refractivity contribution in [2.45, 2.75) is 30.7 Å². The van der Waals surface area contributed by atoms with Crippen molar-refractivity contribution in [3.05, 3.63) is 24.3 Å². The van der Waals surface area contributed by atoms with Crippen LogP contribution in [-0.4, -0.2) is 62.2 Å². The Bertz CT molecular complexity index is 473. The van der Waals surface area contributed by atoms with Crippen molar-refractivity contribution < 1.29 is 39.8 Å². The first kappa shape index (κ1) is 14.7. The summed E-state index contributed by atoms with van der Waals surface area (Å²) in [5, 5.41) is 46.7. The SMILES string of the molecule is O=C(Oc1ccc(O)cc1)[C@@H]1O[C@H](O)[C@@H](O)[C@H](O)[C@H]1O. The van der Waals surface area contributed by atoms with Crippen LogP contribution in [0.1, 0.15) is 0 Å². The van der Waals surface area contributed by atoms with Crippen molar-refractivity contribution in [1.82, 2.24) is 0 Å². The summed E-state index contributed by atoms with van der Waals surface area (Å²) in [6.45, 7) is 0. The maximum atomic E-state index is 11.8. The van der Waals surface area contributed by atoms with Gasteiger partial charge in [0.2, 0.25) is 0 Å². The number of phenols is 1. The molecule has 20 heavy (non-hydrogen) atoms. The Balaban J connectivity index is 2.06. The van der Waals surface area contributed by atoms with E-state index in [2.05, 4.69) is 0 Å². The van der Waals surface area contributed by atoms with E-state index in [0.29, 0.717) is 0 Å². The fourth-order valence-corrected chi connectivity index (χ4v) is 1.74. The van der Waals surface area contributed by atoms with E-state index in [1.807, 2.05) is 0 Å². The molecule has 110 valence electrons. The minimum absolute atomic E-state index is 0.0206. The lowest BCUT2D eigenvalue weighted by molar-refractivity contribution is -0.279. The topological polar surface area (TPSA) is 137 Å². The van der Waals surface area contributed by atoms with Crippen molar-refractivity contribution in [2.24, 2.45) is 0 Å². The first-order valence-electron chi connectivity index (χ1n) is 5.78. The van der Waals surface area contributed by atoms with Gasteiger partial charge in [-0.25, -0.2) is 4.79 Å². The zero-order valence-corrected chi connectivity index (χ0v) is 10.2. The predicted octanol–water partition coefficient (Wildman–Crippen LogP) is -1.90. The van der Waals surface area contributed by atoms with Gasteiger partial charge in [0.05, 0.1) is 0 Å². The quantitative estimate of drug-likeness (QED) is 0.314. The van der Waals surface area contributed by atoms with Gasteiger partial charge in [-0.3, -0.25) is 0 Å². The fraction of sp³-hybridized carbons (Fsp3) is 0.417. The summed E-state index contributed by atoms with van der Waals surface area (Å²) in [5.74, 6) is -0.986. The molecule has 0 spiro atoms. The first-order chi connectivity index (χ1) is 9.40. The molecule has 2 rings (SSSR count). The van der Waals surface area contributed by atoms with Crippen molar-refractivity contribution >= 4 is 5.97 Å². The molecule has 1 heterocycles. The Hall–Kier alpha value is -1.71. The number of carbonyl (C=O) groups is 1. The summed E-state index contributed by atoms with van der Waals surface area (Å²) in [5.41, 5.74) is 0. The van der Waals surface area contributed by atoms with E-state index in [1.165, 1.54) is 24.3 Å². The Morgan fingerprint density at radius 2 is 1.60 bits per heavy atom. The average Bonchev–Trinajstić information content (AvgIpc) is 2.43. The number of esters is 1. The molecule has 1 saturated heterocycles. The molecular weight excluding hydrogens is 272 g/mol. The summed E-state index contributed by atoms with van der Waals surface area (Å²) in [6, 6.07) is 5.19. The third-order valence-electron chi connectivity index (χ3n) is 2.88. The molecule has 1 aliphatic rings. The van der Waals surface area contributed by atoms with Crippen LogP contribution < -0.4 is 4.74 Å². The van der Waals surface area contributed by atoms with Crippen molar-refractivity contribution in [1.29, 1.82) is 0 Å². The van der Waals surface area contributed by atoms with E-state index in [9.17, 15) is 25.2 Å². The van der Waals surface area contributed by atoms with Crippen LogP contribution in [-0.2, 0) is 9.53 Å². The molecule has 0 radical (unpaired) electrons. The van der Waals surface area contributed by atoms with Crippen molar-refractivity contribution in [3.8, 4) is 11.5 Å². The second-order valence-corrected chi connectivity index (χ2v) is 4.33. The summed E-state index contributed by atoms with van der Waals surface area (Å²) < 4.78 is 9.58. The van der Waals surface area contributed by atoms with Gasteiger partial charge in [0, 0.05) is 0 Å². The van der Waals surface area contributed by atoms with Gasteiger partial charge in [0.25, 0.3) is 0 Å². The highest BCUT2D eigenvalue weighted by Crippen LogP contribution is 2.22. The Morgan fingerprint density at radius 1 is 1.00 bits per heavy atom. The summed E-state index contributed by atoms with van der Waals surface area (Å²) in [7, 11) is 0. The molecule has 0 bridgehead atoms. The summed E-state index contributed by atoms with van der Waals surface area (Å²) in [6.07, 6.45) is -8.65. The van der Waals surface area contributed by atoms with Crippen LogP contribution >= 0.6 is 0 Å². The van der Waals surface area contributed by atoms with Gasteiger partial charge in [-0.05, 0) is 24.3 Å². The number of rotatable bonds is 2. The first-order valence-corrected chi connectivity index (χ1v) is 5.78. The van der Waals surface area contributed by atoms with Crippen LogP contribution in [0.5, 0.6) is 11.5 Å². The molecule has 5 atom stereocenters. The molecule has 0 aromatic heterocycles. The fourth-order valence-electron chi connectivity index (χ4n) is 1.74. The number of hydrogen-bond donors (Lipinski definition) is 5. The number of benzene rings is 1. The lowest BCUT2D eigenvalue weighted by Crippen LogP contribution is -2.60. The third kappa shape index (κ3) is 2.89. The largest absolute Gasteiger partial charge is 0.508 e. The number of aliphatic hydroxyl groups is 4. The van der Waals surface area contributed by atoms with Crippen LogP contribution in [0, 0.1) is 0 Å². The zero-order valence-electron chi connectivity index (χ0n) is 10.2. The molecule has 0 saturated carbocycles. The maximum absolute atomic E-state index is 11.8. The summed E-state index contributed by atoms with van der Waals surface area (Å²) in [4.78, 5) is 11.8. The minimum Gasteiger partial charge on any atom is -0.508 e. The molecule has 0 aliphatic carbocycles. The van der Waals surface area contributed by atoms with Crippen LogP contribution in [0.3, 0.4) is 0 Å². The highest BCUT2D eigenvalue weighted by Gasteiger charge is 2.47. The van der Waals surface area contributed by atoms with E-state index in [0.717, 1.165) is 0 Å². The van der Waals surface area contributed by atoms with Crippen LogP contribution in [0.25, 0.3) is 0 Å². The standard InChI is InChI=1S/C12H14O8/c13-5-1-3-6(4-2-5)19-12(18)10-8(15)7(14)9(16)11(17)20-10/h1-4,7-11,13-17H/t7-,8-,9+,10-,11+/m1/s1. The molecule has 1 aliphatic heterocycles.